The average molecular weight is 383 g/mol. The number of hydrogen-bond donors (Lipinski definition) is 0. The lowest BCUT2D eigenvalue weighted by Gasteiger charge is -2.36. The van der Waals surface area contributed by atoms with Crippen molar-refractivity contribution >= 4 is 11.6 Å². The second-order valence-corrected chi connectivity index (χ2v) is 6.97. The summed E-state index contributed by atoms with van der Waals surface area (Å²) in [6.07, 6.45) is 2.53. The van der Waals surface area contributed by atoms with Gasteiger partial charge in [-0.1, -0.05) is 6.07 Å². The number of methoxy groups -OCH3 is 1. The van der Waals surface area contributed by atoms with Gasteiger partial charge in [0.1, 0.15) is 11.9 Å². The van der Waals surface area contributed by atoms with Crippen LogP contribution in [0.5, 0.6) is 11.6 Å². The van der Waals surface area contributed by atoms with Crippen molar-refractivity contribution in [2.45, 2.75) is 12.5 Å². The maximum Gasteiger partial charge on any atom is 0.255 e. The number of carbonyl (C=O) groups is 1. The molecule has 28 heavy (non-hydrogen) atoms. The predicted molar refractivity (Wildman–Crippen MR) is 105 cm³/mol. The third kappa shape index (κ3) is 4.20. The summed E-state index contributed by atoms with van der Waals surface area (Å²) < 4.78 is 16.4. The van der Waals surface area contributed by atoms with Crippen LogP contribution >= 0.6 is 0 Å². The molecule has 1 atom stereocenters. The molecule has 148 valence electrons. The zero-order valence-corrected chi connectivity index (χ0v) is 16.0. The van der Waals surface area contributed by atoms with Gasteiger partial charge in [0.05, 0.1) is 25.9 Å². The zero-order valence-electron chi connectivity index (χ0n) is 16.0. The fourth-order valence-corrected chi connectivity index (χ4v) is 3.51. The number of pyridine rings is 1. The van der Waals surface area contributed by atoms with Crippen molar-refractivity contribution in [1.82, 2.24) is 9.88 Å². The summed E-state index contributed by atoms with van der Waals surface area (Å²) in [7, 11) is 1.67. The molecule has 1 amide bonds. The first-order chi connectivity index (χ1) is 13.7. The lowest BCUT2D eigenvalue weighted by molar-refractivity contribution is 0.0746. The molecule has 2 aliphatic rings. The highest BCUT2D eigenvalue weighted by atomic mass is 16.5. The number of anilines is 1. The SMILES string of the molecule is COc1cccc(N2CCN(C(=O)c3ccc(OC4CCOC4)nc3)CC2)c1. The molecule has 0 saturated carbocycles. The summed E-state index contributed by atoms with van der Waals surface area (Å²) in [5.74, 6) is 1.39. The topological polar surface area (TPSA) is 64.1 Å². The second-order valence-electron chi connectivity index (χ2n) is 6.97. The number of carbonyl (C=O) groups excluding carboxylic acids is 1. The fourth-order valence-electron chi connectivity index (χ4n) is 3.51. The predicted octanol–water partition coefficient (Wildman–Crippen LogP) is 2.22. The molecule has 0 spiro atoms. The van der Waals surface area contributed by atoms with Gasteiger partial charge < -0.3 is 24.0 Å². The Bertz CT molecular complexity index is 798. The Kier molecular flexibility index (Phi) is 5.62. The number of hydrogen-bond acceptors (Lipinski definition) is 6. The first-order valence-corrected chi connectivity index (χ1v) is 9.61. The van der Waals surface area contributed by atoms with Gasteiger partial charge in [-0.05, 0) is 18.2 Å². The second kappa shape index (κ2) is 8.48. The van der Waals surface area contributed by atoms with Gasteiger partial charge in [-0.15, -0.1) is 0 Å². The van der Waals surface area contributed by atoms with Gasteiger partial charge in [0.15, 0.2) is 0 Å². The summed E-state index contributed by atoms with van der Waals surface area (Å²) >= 11 is 0. The molecule has 0 N–H and O–H groups in total. The minimum absolute atomic E-state index is 0.00791. The normalized spacial score (nSPS) is 19.5. The third-order valence-corrected chi connectivity index (χ3v) is 5.14. The van der Waals surface area contributed by atoms with E-state index < -0.39 is 0 Å². The third-order valence-electron chi connectivity index (χ3n) is 5.14. The van der Waals surface area contributed by atoms with Gasteiger partial charge >= 0.3 is 0 Å². The van der Waals surface area contributed by atoms with E-state index in [2.05, 4.69) is 16.0 Å². The number of ether oxygens (including phenoxy) is 3. The van der Waals surface area contributed by atoms with Crippen molar-refractivity contribution < 1.29 is 19.0 Å². The Morgan fingerprint density at radius 2 is 2.04 bits per heavy atom. The summed E-state index contributed by atoms with van der Waals surface area (Å²) in [5.41, 5.74) is 1.70. The zero-order chi connectivity index (χ0) is 19.3. The maximum absolute atomic E-state index is 12.8. The summed E-state index contributed by atoms with van der Waals surface area (Å²) in [6, 6.07) is 11.6. The molecule has 2 fully saturated rings. The van der Waals surface area contributed by atoms with Crippen LogP contribution < -0.4 is 14.4 Å². The van der Waals surface area contributed by atoms with Crippen molar-refractivity contribution in [3.05, 3.63) is 48.2 Å². The van der Waals surface area contributed by atoms with Crippen LogP contribution in [0.3, 0.4) is 0 Å². The first kappa shape index (κ1) is 18.6. The van der Waals surface area contributed by atoms with E-state index in [4.69, 9.17) is 14.2 Å². The summed E-state index contributed by atoms with van der Waals surface area (Å²) in [6.45, 7) is 4.24. The molecule has 1 aromatic heterocycles. The Labute approximate surface area is 164 Å². The average Bonchev–Trinajstić information content (AvgIpc) is 3.27. The maximum atomic E-state index is 12.8. The van der Waals surface area contributed by atoms with E-state index in [-0.39, 0.29) is 12.0 Å². The molecule has 3 heterocycles. The van der Waals surface area contributed by atoms with Crippen molar-refractivity contribution in [1.29, 1.82) is 0 Å². The van der Waals surface area contributed by atoms with Crippen LogP contribution in [-0.4, -0.2) is 68.4 Å². The minimum Gasteiger partial charge on any atom is -0.497 e. The minimum atomic E-state index is 0.00791. The quantitative estimate of drug-likeness (QED) is 0.789. The molecule has 7 heteroatoms. The molecule has 0 bridgehead atoms. The number of amides is 1. The largest absolute Gasteiger partial charge is 0.497 e. The number of aromatic nitrogens is 1. The van der Waals surface area contributed by atoms with Gasteiger partial charge in [0.25, 0.3) is 5.91 Å². The Balaban J connectivity index is 1.33. The molecule has 2 aromatic rings. The number of nitrogens with zero attached hydrogens (tertiary/aromatic N) is 3. The van der Waals surface area contributed by atoms with Crippen molar-refractivity contribution in [2.75, 3.05) is 51.4 Å². The van der Waals surface area contributed by atoms with Crippen LogP contribution in [0.4, 0.5) is 5.69 Å². The molecular weight excluding hydrogens is 358 g/mol. The van der Waals surface area contributed by atoms with Crippen molar-refractivity contribution in [2.24, 2.45) is 0 Å². The molecule has 2 saturated heterocycles. The van der Waals surface area contributed by atoms with Crippen LogP contribution in [-0.2, 0) is 4.74 Å². The van der Waals surface area contributed by atoms with Gasteiger partial charge in [-0.3, -0.25) is 4.79 Å². The Hall–Kier alpha value is -2.80. The van der Waals surface area contributed by atoms with E-state index in [1.165, 1.54) is 0 Å². The lowest BCUT2D eigenvalue weighted by atomic mass is 10.2. The van der Waals surface area contributed by atoms with Gasteiger partial charge in [-0.2, -0.15) is 0 Å². The smallest absolute Gasteiger partial charge is 0.255 e. The number of piperazine rings is 1. The van der Waals surface area contributed by atoms with E-state index >= 15 is 0 Å². The summed E-state index contributed by atoms with van der Waals surface area (Å²) in [4.78, 5) is 21.2. The first-order valence-electron chi connectivity index (χ1n) is 9.61. The molecule has 0 aliphatic carbocycles. The molecule has 2 aliphatic heterocycles. The van der Waals surface area contributed by atoms with E-state index in [9.17, 15) is 4.79 Å². The van der Waals surface area contributed by atoms with Crippen LogP contribution in [0.15, 0.2) is 42.6 Å². The van der Waals surface area contributed by atoms with E-state index in [0.717, 1.165) is 37.6 Å². The van der Waals surface area contributed by atoms with Crippen LogP contribution in [0, 0.1) is 0 Å². The molecular formula is C21H25N3O4. The van der Waals surface area contributed by atoms with E-state index in [1.54, 1.807) is 25.4 Å². The fraction of sp³-hybridized carbons (Fsp3) is 0.429. The molecule has 7 nitrogen and oxygen atoms in total. The Morgan fingerprint density at radius 3 is 2.71 bits per heavy atom. The lowest BCUT2D eigenvalue weighted by Crippen LogP contribution is -2.48. The molecule has 1 aromatic carbocycles. The Morgan fingerprint density at radius 1 is 1.18 bits per heavy atom. The van der Waals surface area contributed by atoms with E-state index in [0.29, 0.717) is 31.1 Å². The molecule has 4 rings (SSSR count). The van der Waals surface area contributed by atoms with Gasteiger partial charge in [0, 0.05) is 56.6 Å². The van der Waals surface area contributed by atoms with Gasteiger partial charge in [0.2, 0.25) is 5.88 Å². The molecule has 1 unspecified atom stereocenters. The standard InChI is InChI=1S/C21H25N3O4/c1-26-18-4-2-3-17(13-18)23-8-10-24(11-9-23)21(25)16-5-6-20(22-14-16)28-19-7-12-27-15-19/h2-6,13-14,19H,7-12,15H2,1H3. The number of benzene rings is 1. The highest BCUT2D eigenvalue weighted by Gasteiger charge is 2.23. The molecule has 0 radical (unpaired) electrons. The van der Waals surface area contributed by atoms with Gasteiger partial charge in [-0.25, -0.2) is 4.98 Å². The summed E-state index contributed by atoms with van der Waals surface area (Å²) in [5, 5.41) is 0. The van der Waals surface area contributed by atoms with Crippen LogP contribution in [0.1, 0.15) is 16.8 Å². The van der Waals surface area contributed by atoms with E-state index in [1.807, 2.05) is 23.1 Å². The highest BCUT2D eigenvalue weighted by Crippen LogP contribution is 2.23. The van der Waals surface area contributed by atoms with Crippen molar-refractivity contribution in [3.63, 3.8) is 0 Å². The van der Waals surface area contributed by atoms with Crippen LogP contribution in [0.25, 0.3) is 0 Å². The monoisotopic (exact) mass is 383 g/mol. The highest BCUT2D eigenvalue weighted by molar-refractivity contribution is 5.94. The van der Waals surface area contributed by atoms with Crippen molar-refractivity contribution in [3.8, 4) is 11.6 Å². The number of rotatable bonds is 5. The van der Waals surface area contributed by atoms with Crippen LogP contribution in [0.2, 0.25) is 0 Å².